The molecule has 0 saturated carbocycles. The zero-order chi connectivity index (χ0) is 12.4. The Morgan fingerprint density at radius 2 is 2.29 bits per heavy atom. The maximum atomic E-state index is 12.2. The summed E-state index contributed by atoms with van der Waals surface area (Å²) in [5, 5.41) is 0. The molecule has 2 N–H and O–H groups in total. The van der Waals surface area contributed by atoms with Crippen LogP contribution in [0, 0.1) is 5.92 Å². The first kappa shape index (κ1) is 12.0. The Balaban J connectivity index is 2.16. The van der Waals surface area contributed by atoms with E-state index in [-0.39, 0.29) is 5.91 Å². The third-order valence-electron chi connectivity index (χ3n) is 3.53. The number of carbonyl (C=O) groups excluding carboxylic acids is 1. The summed E-state index contributed by atoms with van der Waals surface area (Å²) in [6.07, 6.45) is 2.62. The summed E-state index contributed by atoms with van der Waals surface area (Å²) < 4.78 is 0. The number of carbonyl (C=O) groups is 1. The average Bonchev–Trinajstić information content (AvgIpc) is 2.71. The van der Waals surface area contributed by atoms with Crippen molar-refractivity contribution in [1.82, 2.24) is 0 Å². The minimum absolute atomic E-state index is 0.226. The van der Waals surface area contributed by atoms with E-state index in [1.807, 2.05) is 23.1 Å². The molecular formula is C14H20N2O. The molecule has 3 nitrogen and oxygen atoms in total. The maximum absolute atomic E-state index is 12.2. The second kappa shape index (κ2) is 4.78. The largest absolute Gasteiger partial charge is 0.399 e. The summed E-state index contributed by atoms with van der Waals surface area (Å²) in [5.41, 5.74) is 8.76. The molecule has 0 radical (unpaired) electrons. The molecule has 0 spiro atoms. The number of rotatable bonds is 3. The minimum atomic E-state index is 0.226. The van der Waals surface area contributed by atoms with Crippen molar-refractivity contribution >= 4 is 17.3 Å². The summed E-state index contributed by atoms with van der Waals surface area (Å²) in [5.74, 6) is 0.677. The van der Waals surface area contributed by atoms with Gasteiger partial charge in [-0.1, -0.05) is 26.3 Å². The van der Waals surface area contributed by atoms with Crippen molar-refractivity contribution in [3.63, 3.8) is 0 Å². The molecule has 1 heterocycles. The van der Waals surface area contributed by atoms with Gasteiger partial charge in [0, 0.05) is 24.3 Å². The van der Waals surface area contributed by atoms with E-state index in [2.05, 4.69) is 13.8 Å². The molecular weight excluding hydrogens is 212 g/mol. The lowest BCUT2D eigenvalue weighted by Gasteiger charge is -2.19. The van der Waals surface area contributed by atoms with Gasteiger partial charge in [0.15, 0.2) is 0 Å². The van der Waals surface area contributed by atoms with E-state index in [4.69, 9.17) is 5.73 Å². The fraction of sp³-hybridized carbons (Fsp3) is 0.500. The van der Waals surface area contributed by atoms with Crippen LogP contribution in [0.15, 0.2) is 18.2 Å². The van der Waals surface area contributed by atoms with Crippen molar-refractivity contribution in [2.75, 3.05) is 17.2 Å². The molecule has 0 fully saturated rings. The molecule has 0 aromatic heterocycles. The Morgan fingerprint density at radius 1 is 1.53 bits per heavy atom. The van der Waals surface area contributed by atoms with Crippen LogP contribution >= 0.6 is 0 Å². The quantitative estimate of drug-likeness (QED) is 0.814. The Morgan fingerprint density at radius 3 is 3.00 bits per heavy atom. The Labute approximate surface area is 103 Å². The second-order valence-corrected chi connectivity index (χ2v) is 4.90. The summed E-state index contributed by atoms with van der Waals surface area (Å²) in [6.45, 7) is 5.04. The molecule has 17 heavy (non-hydrogen) atoms. The lowest BCUT2D eigenvalue weighted by Crippen LogP contribution is -2.30. The van der Waals surface area contributed by atoms with Crippen LogP contribution in [-0.4, -0.2) is 12.5 Å². The lowest BCUT2D eigenvalue weighted by molar-refractivity contribution is -0.119. The zero-order valence-electron chi connectivity index (χ0n) is 10.6. The number of fused-ring (bicyclic) bond motifs is 1. The smallest absolute Gasteiger partial charge is 0.227 e. The molecule has 1 aliphatic heterocycles. The molecule has 92 valence electrons. The van der Waals surface area contributed by atoms with Gasteiger partial charge in [0.1, 0.15) is 0 Å². The first-order valence-electron chi connectivity index (χ1n) is 6.30. The van der Waals surface area contributed by atoms with Crippen molar-refractivity contribution in [3.8, 4) is 0 Å². The molecule has 1 atom stereocenters. The number of hydrogen-bond acceptors (Lipinski definition) is 2. The molecule has 1 aromatic rings. The number of anilines is 2. The van der Waals surface area contributed by atoms with Crippen LogP contribution in [0.1, 0.15) is 32.3 Å². The van der Waals surface area contributed by atoms with E-state index in [1.54, 1.807) is 0 Å². The third kappa shape index (κ3) is 2.43. The molecule has 0 bridgehead atoms. The van der Waals surface area contributed by atoms with Gasteiger partial charge in [-0.3, -0.25) is 4.79 Å². The van der Waals surface area contributed by atoms with Crippen LogP contribution in [0.5, 0.6) is 0 Å². The number of nitrogen functional groups attached to an aromatic ring is 1. The van der Waals surface area contributed by atoms with E-state index in [1.165, 1.54) is 5.56 Å². The molecule has 1 aliphatic rings. The number of nitrogens with two attached hydrogens (primary N) is 1. The number of nitrogens with zero attached hydrogens (tertiary/aromatic N) is 1. The molecule has 2 rings (SSSR count). The summed E-state index contributed by atoms with van der Waals surface area (Å²) in [6, 6.07) is 5.85. The van der Waals surface area contributed by atoms with E-state index < -0.39 is 0 Å². The lowest BCUT2D eigenvalue weighted by atomic mass is 10.0. The van der Waals surface area contributed by atoms with Crippen LogP contribution in [0.25, 0.3) is 0 Å². The van der Waals surface area contributed by atoms with E-state index in [0.717, 1.165) is 30.8 Å². The number of hydrogen-bond donors (Lipinski definition) is 1. The van der Waals surface area contributed by atoms with Gasteiger partial charge in [-0.05, 0) is 30.0 Å². The number of benzene rings is 1. The minimum Gasteiger partial charge on any atom is -0.399 e. The van der Waals surface area contributed by atoms with E-state index >= 15 is 0 Å². The monoisotopic (exact) mass is 232 g/mol. The zero-order valence-corrected chi connectivity index (χ0v) is 10.6. The predicted octanol–water partition coefficient (Wildman–Crippen LogP) is 2.59. The summed E-state index contributed by atoms with van der Waals surface area (Å²) in [4.78, 5) is 14.1. The maximum Gasteiger partial charge on any atom is 0.227 e. The molecule has 3 heteroatoms. The topological polar surface area (TPSA) is 46.3 Å². The summed E-state index contributed by atoms with van der Waals surface area (Å²) >= 11 is 0. The molecule has 0 saturated heterocycles. The van der Waals surface area contributed by atoms with Crippen molar-refractivity contribution in [2.45, 2.75) is 33.1 Å². The Hall–Kier alpha value is -1.51. The summed E-state index contributed by atoms with van der Waals surface area (Å²) in [7, 11) is 0. The molecule has 1 unspecified atom stereocenters. The fourth-order valence-electron chi connectivity index (χ4n) is 2.21. The van der Waals surface area contributed by atoms with Crippen molar-refractivity contribution in [1.29, 1.82) is 0 Å². The Bertz CT molecular complexity index is 428. The fourth-order valence-corrected chi connectivity index (χ4v) is 2.21. The van der Waals surface area contributed by atoms with E-state index in [0.29, 0.717) is 12.3 Å². The number of amides is 1. The normalized spacial score (nSPS) is 15.8. The van der Waals surface area contributed by atoms with Crippen LogP contribution in [0.3, 0.4) is 0 Å². The standard InChI is InChI=1S/C14H20N2O/c1-3-10(2)8-14(17)16-7-6-11-4-5-12(15)9-13(11)16/h4-5,9-10H,3,6-8,15H2,1-2H3. The van der Waals surface area contributed by atoms with Crippen LogP contribution in [-0.2, 0) is 11.2 Å². The van der Waals surface area contributed by atoms with Crippen molar-refractivity contribution in [3.05, 3.63) is 23.8 Å². The second-order valence-electron chi connectivity index (χ2n) is 4.90. The highest BCUT2D eigenvalue weighted by molar-refractivity contribution is 5.96. The van der Waals surface area contributed by atoms with E-state index in [9.17, 15) is 4.79 Å². The SMILES string of the molecule is CCC(C)CC(=O)N1CCc2ccc(N)cc21. The first-order chi connectivity index (χ1) is 8.11. The average molecular weight is 232 g/mol. The highest BCUT2D eigenvalue weighted by Gasteiger charge is 2.25. The third-order valence-corrected chi connectivity index (χ3v) is 3.53. The van der Waals surface area contributed by atoms with Crippen molar-refractivity contribution < 1.29 is 4.79 Å². The van der Waals surface area contributed by atoms with Crippen LogP contribution in [0.2, 0.25) is 0 Å². The van der Waals surface area contributed by atoms with Gasteiger partial charge >= 0.3 is 0 Å². The first-order valence-corrected chi connectivity index (χ1v) is 6.30. The Kier molecular flexibility index (Phi) is 3.36. The molecule has 1 aromatic carbocycles. The van der Waals surface area contributed by atoms with Gasteiger partial charge in [0.2, 0.25) is 5.91 Å². The molecule has 0 aliphatic carbocycles. The van der Waals surface area contributed by atoms with Gasteiger partial charge in [-0.15, -0.1) is 0 Å². The highest BCUT2D eigenvalue weighted by atomic mass is 16.2. The highest BCUT2D eigenvalue weighted by Crippen LogP contribution is 2.30. The van der Waals surface area contributed by atoms with Gasteiger partial charge in [0.05, 0.1) is 0 Å². The van der Waals surface area contributed by atoms with Crippen LogP contribution < -0.4 is 10.6 Å². The van der Waals surface area contributed by atoms with Crippen LogP contribution in [0.4, 0.5) is 11.4 Å². The van der Waals surface area contributed by atoms with Gasteiger partial charge < -0.3 is 10.6 Å². The van der Waals surface area contributed by atoms with Crippen molar-refractivity contribution in [2.24, 2.45) is 5.92 Å². The van der Waals surface area contributed by atoms with Gasteiger partial charge in [-0.2, -0.15) is 0 Å². The van der Waals surface area contributed by atoms with Gasteiger partial charge in [0.25, 0.3) is 0 Å². The molecule has 1 amide bonds. The predicted molar refractivity (Wildman–Crippen MR) is 71.0 cm³/mol. The van der Waals surface area contributed by atoms with Gasteiger partial charge in [-0.25, -0.2) is 0 Å².